The van der Waals surface area contributed by atoms with Crippen LogP contribution >= 0.6 is 11.5 Å². The highest BCUT2D eigenvalue weighted by molar-refractivity contribution is 7.03. The lowest BCUT2D eigenvalue weighted by Crippen LogP contribution is -2.17. The number of benzene rings is 2. The van der Waals surface area contributed by atoms with E-state index < -0.39 is 23.6 Å². The van der Waals surface area contributed by atoms with Crippen LogP contribution in [0.15, 0.2) is 72.2 Å². The highest BCUT2D eigenvalue weighted by Gasteiger charge is 2.34. The molecule has 0 aliphatic rings. The normalized spacial score (nSPS) is 11.2. The zero-order valence-electron chi connectivity index (χ0n) is 16.8. The van der Waals surface area contributed by atoms with Gasteiger partial charge in [-0.05, 0) is 41.9 Å². The molecule has 0 spiro atoms. The van der Waals surface area contributed by atoms with Gasteiger partial charge < -0.3 is 11.1 Å². The van der Waals surface area contributed by atoms with Gasteiger partial charge in [0.2, 0.25) is 5.91 Å². The molecule has 0 saturated heterocycles. The predicted octanol–water partition coefficient (Wildman–Crippen LogP) is 5.24. The number of hydrogen-bond acceptors (Lipinski definition) is 5. The second-order valence-corrected chi connectivity index (χ2v) is 7.61. The number of aromatic nitrogens is 2. The number of amides is 2. The summed E-state index contributed by atoms with van der Waals surface area (Å²) in [5, 5.41) is 4.19. The Kier molecular flexibility index (Phi) is 5.93. The number of carbonyl (C=O) groups excluding carboxylic acids is 2. The molecule has 2 amide bonds. The van der Waals surface area contributed by atoms with E-state index in [1.54, 1.807) is 29.6 Å². The van der Waals surface area contributed by atoms with Crippen molar-refractivity contribution in [2.45, 2.75) is 6.18 Å². The predicted molar refractivity (Wildman–Crippen MR) is 119 cm³/mol. The van der Waals surface area contributed by atoms with Crippen LogP contribution in [0.25, 0.3) is 22.5 Å². The van der Waals surface area contributed by atoms with Crippen molar-refractivity contribution in [3.05, 3.63) is 88.9 Å². The second kappa shape index (κ2) is 8.83. The molecule has 0 aliphatic heterocycles. The molecule has 4 aromatic rings. The van der Waals surface area contributed by atoms with E-state index in [-0.39, 0.29) is 28.1 Å². The fraction of sp³-hybridized carbons (Fsp3) is 0.0435. The Hall–Kier alpha value is -4.05. The molecule has 0 fully saturated rings. The van der Waals surface area contributed by atoms with Crippen molar-refractivity contribution in [3.63, 3.8) is 0 Å². The molecular weight excluding hydrogens is 453 g/mol. The SMILES string of the molecule is NC(=O)c1cnc(-c2ccccc2)c(NC(=O)c2ccc(C(F)(F)F)c(-c3ccsn3)c2)c1. The van der Waals surface area contributed by atoms with Crippen molar-refractivity contribution in [2.24, 2.45) is 5.73 Å². The molecule has 2 heterocycles. The van der Waals surface area contributed by atoms with Crippen LogP contribution in [0.3, 0.4) is 0 Å². The maximum atomic E-state index is 13.5. The average Bonchev–Trinajstić information content (AvgIpc) is 3.33. The summed E-state index contributed by atoms with van der Waals surface area (Å²) in [6.07, 6.45) is -3.33. The number of nitrogens with zero attached hydrogens (tertiary/aromatic N) is 2. The third-order valence-electron chi connectivity index (χ3n) is 4.77. The minimum atomic E-state index is -4.62. The van der Waals surface area contributed by atoms with E-state index >= 15 is 0 Å². The number of nitrogens with two attached hydrogens (primary N) is 1. The van der Waals surface area contributed by atoms with Crippen molar-refractivity contribution in [3.8, 4) is 22.5 Å². The minimum Gasteiger partial charge on any atom is -0.366 e. The van der Waals surface area contributed by atoms with Crippen molar-refractivity contribution < 1.29 is 22.8 Å². The molecule has 3 N–H and O–H groups in total. The summed E-state index contributed by atoms with van der Waals surface area (Å²) < 4.78 is 44.5. The van der Waals surface area contributed by atoms with Gasteiger partial charge in [0.05, 0.1) is 28.2 Å². The van der Waals surface area contributed by atoms with E-state index in [1.165, 1.54) is 18.3 Å². The highest BCUT2D eigenvalue weighted by atomic mass is 32.1. The number of rotatable bonds is 5. The van der Waals surface area contributed by atoms with Crippen LogP contribution in [-0.2, 0) is 6.18 Å². The fourth-order valence-electron chi connectivity index (χ4n) is 3.21. The van der Waals surface area contributed by atoms with Crippen molar-refractivity contribution in [1.29, 1.82) is 0 Å². The van der Waals surface area contributed by atoms with Gasteiger partial charge in [-0.2, -0.15) is 17.5 Å². The first kappa shape index (κ1) is 22.2. The van der Waals surface area contributed by atoms with E-state index in [2.05, 4.69) is 14.7 Å². The van der Waals surface area contributed by atoms with Crippen molar-refractivity contribution in [1.82, 2.24) is 9.36 Å². The number of halogens is 3. The van der Waals surface area contributed by atoms with E-state index in [0.29, 0.717) is 11.3 Å². The zero-order chi connectivity index (χ0) is 23.6. The summed E-state index contributed by atoms with van der Waals surface area (Å²) in [7, 11) is 0. The van der Waals surface area contributed by atoms with Crippen LogP contribution in [0.1, 0.15) is 26.3 Å². The van der Waals surface area contributed by atoms with Gasteiger partial charge >= 0.3 is 6.18 Å². The summed E-state index contributed by atoms with van der Waals surface area (Å²) >= 11 is 1.00. The summed E-state index contributed by atoms with van der Waals surface area (Å²) in [5.74, 6) is -1.42. The van der Waals surface area contributed by atoms with Gasteiger partial charge in [0.25, 0.3) is 5.91 Å². The standard InChI is InChI=1S/C23H15F3N4O2S/c24-23(25,26)17-7-6-14(10-16(17)18-8-9-33-30-18)22(32)29-19-11-15(21(27)31)12-28-20(19)13-4-2-1-3-5-13/h1-12H,(H2,27,31)(H,29,32). The summed E-state index contributed by atoms with van der Waals surface area (Å²) in [6.45, 7) is 0. The first-order valence-corrected chi connectivity index (χ1v) is 10.4. The molecule has 0 atom stereocenters. The monoisotopic (exact) mass is 468 g/mol. The highest BCUT2D eigenvalue weighted by Crippen LogP contribution is 2.37. The molecule has 166 valence electrons. The van der Waals surface area contributed by atoms with Gasteiger partial charge in [0, 0.05) is 28.3 Å². The average molecular weight is 468 g/mol. The summed E-state index contributed by atoms with van der Waals surface area (Å²) in [5.41, 5.74) is 5.64. The molecule has 6 nitrogen and oxygen atoms in total. The number of primary amides is 1. The van der Waals surface area contributed by atoms with Crippen LogP contribution in [0.2, 0.25) is 0 Å². The molecule has 0 bridgehead atoms. The van der Waals surface area contributed by atoms with Crippen LogP contribution in [0, 0.1) is 0 Å². The summed E-state index contributed by atoms with van der Waals surface area (Å²) in [4.78, 5) is 28.9. The first-order chi connectivity index (χ1) is 15.7. The summed E-state index contributed by atoms with van der Waals surface area (Å²) in [6, 6.07) is 14.8. The lowest BCUT2D eigenvalue weighted by Gasteiger charge is -2.15. The van der Waals surface area contributed by atoms with E-state index in [9.17, 15) is 22.8 Å². The number of anilines is 1. The Balaban J connectivity index is 1.75. The van der Waals surface area contributed by atoms with Crippen molar-refractivity contribution >= 4 is 29.0 Å². The van der Waals surface area contributed by atoms with E-state index in [0.717, 1.165) is 29.7 Å². The Labute approximate surface area is 190 Å². The Bertz CT molecular complexity index is 1320. The third-order valence-corrected chi connectivity index (χ3v) is 5.33. The molecule has 0 unspecified atom stereocenters. The maximum Gasteiger partial charge on any atom is 0.417 e. The number of nitrogens with one attached hydrogen (secondary N) is 1. The number of pyridine rings is 1. The molecule has 0 saturated carbocycles. The number of alkyl halides is 3. The molecule has 2 aromatic heterocycles. The Morgan fingerprint density at radius 1 is 0.970 bits per heavy atom. The lowest BCUT2D eigenvalue weighted by atomic mass is 10.00. The van der Waals surface area contributed by atoms with Gasteiger partial charge in [0.15, 0.2) is 0 Å². The molecule has 10 heteroatoms. The van der Waals surface area contributed by atoms with E-state index in [1.807, 2.05) is 6.07 Å². The first-order valence-electron chi connectivity index (χ1n) is 9.52. The molecular formula is C23H15F3N4O2S. The fourth-order valence-corrected chi connectivity index (χ4v) is 3.73. The van der Waals surface area contributed by atoms with Crippen LogP contribution < -0.4 is 11.1 Å². The molecule has 4 rings (SSSR count). The smallest absolute Gasteiger partial charge is 0.366 e. The maximum absolute atomic E-state index is 13.5. The second-order valence-electron chi connectivity index (χ2n) is 6.95. The molecule has 2 aromatic carbocycles. The molecule has 0 aliphatic carbocycles. The minimum absolute atomic E-state index is 0.0190. The van der Waals surface area contributed by atoms with Crippen LogP contribution in [0.4, 0.5) is 18.9 Å². The lowest BCUT2D eigenvalue weighted by molar-refractivity contribution is -0.137. The van der Waals surface area contributed by atoms with Crippen LogP contribution in [-0.4, -0.2) is 21.2 Å². The Morgan fingerprint density at radius 3 is 2.36 bits per heavy atom. The van der Waals surface area contributed by atoms with Gasteiger partial charge in [-0.3, -0.25) is 14.6 Å². The topological polar surface area (TPSA) is 98.0 Å². The van der Waals surface area contributed by atoms with Crippen molar-refractivity contribution in [2.75, 3.05) is 5.32 Å². The Morgan fingerprint density at radius 2 is 1.73 bits per heavy atom. The molecule has 33 heavy (non-hydrogen) atoms. The molecule has 0 radical (unpaired) electrons. The number of carbonyl (C=O) groups is 2. The largest absolute Gasteiger partial charge is 0.417 e. The van der Waals surface area contributed by atoms with Gasteiger partial charge in [-0.15, -0.1) is 0 Å². The van der Waals surface area contributed by atoms with Gasteiger partial charge in [-0.1, -0.05) is 30.3 Å². The zero-order valence-corrected chi connectivity index (χ0v) is 17.6. The number of hydrogen-bond donors (Lipinski definition) is 2. The third kappa shape index (κ3) is 4.75. The quantitative estimate of drug-likeness (QED) is 0.418. The van der Waals surface area contributed by atoms with E-state index in [4.69, 9.17) is 5.73 Å². The van der Waals surface area contributed by atoms with Gasteiger partial charge in [0.1, 0.15) is 0 Å². The van der Waals surface area contributed by atoms with Gasteiger partial charge in [-0.25, -0.2) is 0 Å². The van der Waals surface area contributed by atoms with Crippen LogP contribution in [0.5, 0.6) is 0 Å².